The van der Waals surface area contributed by atoms with Crippen LogP contribution in [0.2, 0.25) is 0 Å². The van der Waals surface area contributed by atoms with Crippen molar-refractivity contribution in [3.63, 3.8) is 0 Å². The van der Waals surface area contributed by atoms with Crippen LogP contribution in [0.1, 0.15) is 20.3 Å². The fraction of sp³-hybridized carbons (Fsp3) is 0.800. The summed E-state index contributed by atoms with van der Waals surface area (Å²) < 4.78 is 0.352. The lowest BCUT2D eigenvalue weighted by Crippen LogP contribution is -2.31. The standard InChI is InChI=1S/C10H17N3S2/c1-10(2)4-5-13(6-7-15-10)9(14-3)12-8-11/h4-7H2,1-3H3. The Hall–Kier alpha value is -0.340. The maximum Gasteiger partial charge on any atom is 0.208 e. The average molecular weight is 243 g/mol. The van der Waals surface area contributed by atoms with E-state index in [0.717, 1.165) is 30.4 Å². The fourth-order valence-electron chi connectivity index (χ4n) is 1.50. The van der Waals surface area contributed by atoms with Gasteiger partial charge in [-0.1, -0.05) is 25.6 Å². The van der Waals surface area contributed by atoms with Crippen LogP contribution in [-0.2, 0) is 0 Å². The minimum Gasteiger partial charge on any atom is -0.350 e. The molecule has 0 N–H and O–H groups in total. The first-order chi connectivity index (χ1) is 7.09. The second-order valence-corrected chi connectivity index (χ2v) is 6.62. The molecular formula is C10H17N3S2. The van der Waals surface area contributed by atoms with Crippen LogP contribution in [0.5, 0.6) is 0 Å². The van der Waals surface area contributed by atoms with Gasteiger partial charge < -0.3 is 4.90 Å². The van der Waals surface area contributed by atoms with Gasteiger partial charge in [-0.25, -0.2) is 0 Å². The monoisotopic (exact) mass is 243 g/mol. The molecule has 1 heterocycles. The van der Waals surface area contributed by atoms with Gasteiger partial charge in [0.1, 0.15) is 0 Å². The van der Waals surface area contributed by atoms with Crippen LogP contribution in [0.15, 0.2) is 4.99 Å². The largest absolute Gasteiger partial charge is 0.350 e. The highest BCUT2D eigenvalue weighted by atomic mass is 32.2. The van der Waals surface area contributed by atoms with E-state index in [2.05, 4.69) is 23.7 Å². The highest BCUT2D eigenvalue weighted by Gasteiger charge is 2.24. The van der Waals surface area contributed by atoms with Gasteiger partial charge in [-0.15, -0.1) is 4.99 Å². The highest BCUT2D eigenvalue weighted by molar-refractivity contribution is 8.13. The van der Waals surface area contributed by atoms with Crippen LogP contribution >= 0.6 is 23.5 Å². The predicted molar refractivity (Wildman–Crippen MR) is 69.3 cm³/mol. The maximum atomic E-state index is 8.59. The van der Waals surface area contributed by atoms with E-state index in [1.807, 2.05) is 24.2 Å². The van der Waals surface area contributed by atoms with Crippen LogP contribution in [0.3, 0.4) is 0 Å². The van der Waals surface area contributed by atoms with Crippen LogP contribution in [0.25, 0.3) is 0 Å². The van der Waals surface area contributed by atoms with E-state index in [0.29, 0.717) is 4.75 Å². The summed E-state index contributed by atoms with van der Waals surface area (Å²) in [5.74, 6) is 1.11. The van der Waals surface area contributed by atoms with Crippen molar-refractivity contribution in [2.75, 3.05) is 25.1 Å². The first-order valence-corrected chi connectivity index (χ1v) is 7.20. The molecule has 0 aromatic rings. The molecule has 0 bridgehead atoms. The normalized spacial score (nSPS) is 22.0. The van der Waals surface area contributed by atoms with Crippen LogP contribution in [0.4, 0.5) is 0 Å². The summed E-state index contributed by atoms with van der Waals surface area (Å²) in [5, 5.41) is 9.45. The number of amidine groups is 1. The van der Waals surface area contributed by atoms with Crippen molar-refractivity contribution in [2.24, 2.45) is 4.99 Å². The quantitative estimate of drug-likeness (QED) is 0.372. The molecule has 0 aromatic heterocycles. The Morgan fingerprint density at radius 1 is 1.53 bits per heavy atom. The second kappa shape index (κ2) is 5.66. The summed E-state index contributed by atoms with van der Waals surface area (Å²) in [7, 11) is 0. The van der Waals surface area contributed by atoms with E-state index in [-0.39, 0.29) is 0 Å². The van der Waals surface area contributed by atoms with Crippen molar-refractivity contribution < 1.29 is 0 Å². The molecule has 1 fully saturated rings. The third-order valence-electron chi connectivity index (χ3n) is 2.44. The third-order valence-corrected chi connectivity index (χ3v) is 4.52. The molecule has 0 atom stereocenters. The summed E-state index contributed by atoms with van der Waals surface area (Å²) in [6, 6.07) is 0. The van der Waals surface area contributed by atoms with Gasteiger partial charge in [-0.3, -0.25) is 0 Å². The topological polar surface area (TPSA) is 39.4 Å². The Balaban J connectivity index is 2.65. The van der Waals surface area contributed by atoms with E-state index < -0.39 is 0 Å². The van der Waals surface area contributed by atoms with Gasteiger partial charge in [0.05, 0.1) is 0 Å². The molecule has 1 saturated heterocycles. The van der Waals surface area contributed by atoms with E-state index in [1.165, 1.54) is 0 Å². The molecule has 0 spiro atoms. The molecule has 0 radical (unpaired) electrons. The lowest BCUT2D eigenvalue weighted by molar-refractivity contribution is 0.430. The second-order valence-electron chi connectivity index (χ2n) is 4.04. The zero-order valence-electron chi connectivity index (χ0n) is 9.49. The number of hydrogen-bond acceptors (Lipinski definition) is 4. The molecule has 0 unspecified atom stereocenters. The molecule has 3 nitrogen and oxygen atoms in total. The lowest BCUT2D eigenvalue weighted by Gasteiger charge is -2.23. The lowest BCUT2D eigenvalue weighted by atomic mass is 10.1. The van der Waals surface area contributed by atoms with Gasteiger partial charge in [0.2, 0.25) is 6.19 Å². The fourth-order valence-corrected chi connectivity index (χ4v) is 3.17. The van der Waals surface area contributed by atoms with Crippen LogP contribution in [0, 0.1) is 11.5 Å². The minimum absolute atomic E-state index is 0.352. The van der Waals surface area contributed by atoms with E-state index in [4.69, 9.17) is 5.26 Å². The number of nitrogens with zero attached hydrogens (tertiary/aromatic N) is 3. The summed E-state index contributed by atoms with van der Waals surface area (Å²) in [6.07, 6.45) is 4.99. The third kappa shape index (κ3) is 3.96. The molecular weight excluding hydrogens is 226 g/mol. The van der Waals surface area contributed by atoms with Crippen molar-refractivity contribution >= 4 is 28.7 Å². The Morgan fingerprint density at radius 3 is 2.87 bits per heavy atom. The molecule has 5 heteroatoms. The molecule has 1 rings (SSSR count). The number of hydrogen-bond donors (Lipinski definition) is 0. The summed E-state index contributed by atoms with van der Waals surface area (Å²) in [5.41, 5.74) is 0. The molecule has 0 aliphatic carbocycles. The van der Waals surface area contributed by atoms with Crippen molar-refractivity contribution in [3.8, 4) is 6.19 Å². The van der Waals surface area contributed by atoms with E-state index >= 15 is 0 Å². The van der Waals surface area contributed by atoms with Crippen LogP contribution < -0.4 is 0 Å². The SMILES string of the molecule is CSC(=NC#N)N1CCSC(C)(C)CC1. The molecule has 84 valence electrons. The van der Waals surface area contributed by atoms with Gasteiger partial charge in [-0.2, -0.15) is 17.0 Å². The molecule has 1 aliphatic rings. The van der Waals surface area contributed by atoms with Gasteiger partial charge in [0.25, 0.3) is 0 Å². The van der Waals surface area contributed by atoms with Crippen molar-refractivity contribution in [1.82, 2.24) is 4.90 Å². The summed E-state index contributed by atoms with van der Waals surface area (Å²) in [4.78, 5) is 6.08. The molecule has 15 heavy (non-hydrogen) atoms. The smallest absolute Gasteiger partial charge is 0.208 e. The summed E-state index contributed by atoms with van der Waals surface area (Å²) in [6.45, 7) is 6.56. The highest BCUT2D eigenvalue weighted by Crippen LogP contribution is 2.31. The first-order valence-electron chi connectivity index (χ1n) is 4.99. The number of nitriles is 1. The molecule has 0 aromatic carbocycles. The predicted octanol–water partition coefficient (Wildman–Crippen LogP) is 2.40. The van der Waals surface area contributed by atoms with E-state index in [9.17, 15) is 0 Å². The zero-order chi connectivity index (χ0) is 11.3. The van der Waals surface area contributed by atoms with Gasteiger partial charge in [-0.05, 0) is 12.7 Å². The Morgan fingerprint density at radius 2 is 2.27 bits per heavy atom. The van der Waals surface area contributed by atoms with Crippen molar-refractivity contribution in [3.05, 3.63) is 0 Å². The first kappa shape index (κ1) is 12.7. The Labute approximate surface area is 100 Å². The van der Waals surface area contributed by atoms with Gasteiger partial charge >= 0.3 is 0 Å². The Bertz CT molecular complexity index is 281. The van der Waals surface area contributed by atoms with Gasteiger partial charge in [0.15, 0.2) is 5.17 Å². The van der Waals surface area contributed by atoms with E-state index in [1.54, 1.807) is 11.8 Å². The average Bonchev–Trinajstić information content (AvgIpc) is 2.36. The zero-order valence-corrected chi connectivity index (χ0v) is 11.1. The summed E-state index contributed by atoms with van der Waals surface area (Å²) >= 11 is 3.56. The number of rotatable bonds is 0. The van der Waals surface area contributed by atoms with Gasteiger partial charge in [0, 0.05) is 23.6 Å². The Kier molecular flexibility index (Phi) is 4.81. The van der Waals surface area contributed by atoms with Crippen LogP contribution in [-0.4, -0.2) is 39.9 Å². The maximum absolute atomic E-state index is 8.59. The number of thioether (sulfide) groups is 2. The van der Waals surface area contributed by atoms with Crippen molar-refractivity contribution in [1.29, 1.82) is 5.26 Å². The minimum atomic E-state index is 0.352. The number of aliphatic imine (C=N–C) groups is 1. The van der Waals surface area contributed by atoms with Crippen molar-refractivity contribution in [2.45, 2.75) is 25.0 Å². The molecule has 1 aliphatic heterocycles. The molecule has 0 amide bonds. The molecule has 0 saturated carbocycles.